The first-order chi connectivity index (χ1) is 9.43. The van der Waals surface area contributed by atoms with Crippen LogP contribution < -0.4 is 0 Å². The summed E-state index contributed by atoms with van der Waals surface area (Å²) >= 11 is 5.92. The monoisotopic (exact) mass is 296 g/mol. The molecule has 108 valence electrons. The highest BCUT2D eigenvalue weighted by molar-refractivity contribution is 6.29. The van der Waals surface area contributed by atoms with Crippen LogP contribution in [0.2, 0.25) is 5.15 Å². The maximum atomic E-state index is 12.5. The fraction of sp³-hybridized carbons (Fsp3) is 0.500. The number of carboxylic acids is 1. The molecule has 0 saturated carbocycles. The molecule has 6 heteroatoms. The summed E-state index contributed by atoms with van der Waals surface area (Å²) in [7, 11) is 0. The summed E-state index contributed by atoms with van der Waals surface area (Å²) in [5.74, 6) is -1.53. The summed E-state index contributed by atoms with van der Waals surface area (Å²) in [5.41, 5.74) is 1.22. The molecule has 1 aromatic heterocycles. The second kappa shape index (κ2) is 5.79. The Kier molecular flexibility index (Phi) is 4.28. The van der Waals surface area contributed by atoms with Gasteiger partial charge in [0.25, 0.3) is 5.91 Å². The van der Waals surface area contributed by atoms with Crippen molar-refractivity contribution in [2.75, 3.05) is 6.54 Å². The van der Waals surface area contributed by atoms with Crippen LogP contribution in [-0.4, -0.2) is 39.5 Å². The van der Waals surface area contributed by atoms with Crippen LogP contribution in [0, 0.1) is 5.92 Å². The molecule has 1 fully saturated rings. The molecule has 20 heavy (non-hydrogen) atoms. The van der Waals surface area contributed by atoms with Crippen molar-refractivity contribution in [3.05, 3.63) is 28.5 Å². The van der Waals surface area contributed by atoms with Gasteiger partial charge in [0.15, 0.2) is 0 Å². The van der Waals surface area contributed by atoms with Crippen LogP contribution in [0.1, 0.15) is 36.3 Å². The van der Waals surface area contributed by atoms with Gasteiger partial charge in [-0.1, -0.05) is 18.5 Å². The second-order valence-electron chi connectivity index (χ2n) is 5.00. The third-order valence-electron chi connectivity index (χ3n) is 3.79. The first-order valence-corrected chi connectivity index (χ1v) is 7.02. The average molecular weight is 297 g/mol. The van der Waals surface area contributed by atoms with Crippen LogP contribution in [0.4, 0.5) is 0 Å². The van der Waals surface area contributed by atoms with Gasteiger partial charge in [-0.2, -0.15) is 0 Å². The number of rotatable bonds is 3. The minimum absolute atomic E-state index is 0.180. The molecule has 2 atom stereocenters. The number of pyridine rings is 1. The van der Waals surface area contributed by atoms with Crippen LogP contribution in [0.15, 0.2) is 12.1 Å². The number of likely N-dealkylation sites (tertiary alicyclic amines) is 1. The molecular weight excluding hydrogens is 280 g/mol. The molecule has 2 heterocycles. The number of nitrogens with zero attached hydrogens (tertiary/aromatic N) is 2. The molecule has 2 rings (SSSR count). The lowest BCUT2D eigenvalue weighted by atomic mass is 10.0. The van der Waals surface area contributed by atoms with Gasteiger partial charge in [-0.15, -0.1) is 0 Å². The van der Waals surface area contributed by atoms with E-state index in [-0.39, 0.29) is 17.1 Å². The summed E-state index contributed by atoms with van der Waals surface area (Å²) in [6, 6.07) is 2.94. The number of carboxylic acid groups (broad SMARTS) is 1. The lowest BCUT2D eigenvalue weighted by Crippen LogP contribution is -2.37. The molecule has 0 aliphatic carbocycles. The van der Waals surface area contributed by atoms with E-state index in [1.807, 2.05) is 6.92 Å². The van der Waals surface area contributed by atoms with Gasteiger partial charge in [-0.25, -0.2) is 4.98 Å². The van der Waals surface area contributed by atoms with E-state index < -0.39 is 11.9 Å². The van der Waals surface area contributed by atoms with E-state index in [1.165, 1.54) is 6.07 Å². The zero-order valence-corrected chi connectivity index (χ0v) is 12.2. The zero-order chi connectivity index (χ0) is 14.9. The molecule has 0 bridgehead atoms. The Labute approximate surface area is 122 Å². The molecular formula is C14H17ClN2O3. The fourth-order valence-corrected chi connectivity index (χ4v) is 2.80. The van der Waals surface area contributed by atoms with Gasteiger partial charge >= 0.3 is 5.97 Å². The summed E-state index contributed by atoms with van der Waals surface area (Å²) in [6.45, 7) is 4.16. The molecule has 0 radical (unpaired) electrons. The van der Waals surface area contributed by atoms with E-state index in [2.05, 4.69) is 4.98 Å². The number of halogens is 1. The number of hydrogen-bond acceptors (Lipinski definition) is 3. The summed E-state index contributed by atoms with van der Waals surface area (Å²) in [5, 5.41) is 9.40. The van der Waals surface area contributed by atoms with Crippen molar-refractivity contribution >= 4 is 23.5 Å². The molecule has 0 aromatic carbocycles. The van der Waals surface area contributed by atoms with E-state index in [0.29, 0.717) is 24.9 Å². The molecule has 5 nitrogen and oxygen atoms in total. The zero-order valence-electron chi connectivity index (χ0n) is 11.5. The van der Waals surface area contributed by atoms with Crippen LogP contribution in [-0.2, 0) is 11.2 Å². The third-order valence-corrected chi connectivity index (χ3v) is 3.98. The SMILES string of the molecule is CCc1cc(C(=O)N2CCC(C(=O)O)C2C)cc(Cl)n1. The number of amides is 1. The molecule has 1 N–H and O–H groups in total. The molecule has 1 aromatic rings. The van der Waals surface area contributed by atoms with E-state index in [1.54, 1.807) is 17.9 Å². The highest BCUT2D eigenvalue weighted by Gasteiger charge is 2.38. The van der Waals surface area contributed by atoms with Crippen molar-refractivity contribution in [1.29, 1.82) is 0 Å². The number of aryl methyl sites for hydroxylation is 1. The van der Waals surface area contributed by atoms with Crippen molar-refractivity contribution in [2.24, 2.45) is 5.92 Å². The van der Waals surface area contributed by atoms with Gasteiger partial charge in [-0.3, -0.25) is 9.59 Å². The number of aromatic nitrogens is 1. The van der Waals surface area contributed by atoms with Gasteiger partial charge in [0.2, 0.25) is 0 Å². The topological polar surface area (TPSA) is 70.5 Å². The van der Waals surface area contributed by atoms with Crippen molar-refractivity contribution in [2.45, 2.75) is 32.7 Å². The molecule has 1 amide bonds. The first kappa shape index (κ1) is 14.8. The first-order valence-electron chi connectivity index (χ1n) is 6.64. The molecule has 0 spiro atoms. The normalized spacial score (nSPS) is 22.1. The van der Waals surface area contributed by atoms with Crippen molar-refractivity contribution in [3.8, 4) is 0 Å². The van der Waals surface area contributed by atoms with Gasteiger partial charge in [0.1, 0.15) is 5.15 Å². The maximum absolute atomic E-state index is 12.5. The number of carbonyl (C=O) groups is 2. The third kappa shape index (κ3) is 2.77. The highest BCUT2D eigenvalue weighted by atomic mass is 35.5. The summed E-state index contributed by atoms with van der Waals surface area (Å²) < 4.78 is 0. The molecule has 1 saturated heterocycles. The second-order valence-corrected chi connectivity index (χ2v) is 5.38. The van der Waals surface area contributed by atoms with Crippen molar-refractivity contribution < 1.29 is 14.7 Å². The standard InChI is InChI=1S/C14H17ClN2O3/c1-3-10-6-9(7-12(15)16-10)13(18)17-5-4-11(8(17)2)14(19)20/h6-8,11H,3-5H2,1-2H3,(H,19,20). The van der Waals surface area contributed by atoms with Gasteiger partial charge in [-0.05, 0) is 31.9 Å². The molecule has 2 unspecified atom stereocenters. The average Bonchev–Trinajstić information content (AvgIpc) is 2.79. The van der Waals surface area contributed by atoms with Crippen molar-refractivity contribution in [3.63, 3.8) is 0 Å². The van der Waals surface area contributed by atoms with Crippen LogP contribution in [0.25, 0.3) is 0 Å². The quantitative estimate of drug-likeness (QED) is 0.868. The van der Waals surface area contributed by atoms with Gasteiger partial charge in [0.05, 0.1) is 5.92 Å². The Morgan fingerprint density at radius 1 is 1.50 bits per heavy atom. The summed E-state index contributed by atoms with van der Waals surface area (Å²) in [4.78, 5) is 29.3. The van der Waals surface area contributed by atoms with E-state index in [9.17, 15) is 9.59 Å². The Morgan fingerprint density at radius 2 is 2.20 bits per heavy atom. The van der Waals surface area contributed by atoms with Crippen LogP contribution >= 0.6 is 11.6 Å². The summed E-state index contributed by atoms with van der Waals surface area (Å²) in [6.07, 6.45) is 1.18. The van der Waals surface area contributed by atoms with Crippen LogP contribution in [0.5, 0.6) is 0 Å². The Bertz CT molecular complexity index is 547. The maximum Gasteiger partial charge on any atom is 0.308 e. The molecule has 1 aliphatic rings. The van der Waals surface area contributed by atoms with Gasteiger partial charge < -0.3 is 10.0 Å². The van der Waals surface area contributed by atoms with Crippen molar-refractivity contribution in [1.82, 2.24) is 9.88 Å². The Hall–Kier alpha value is -1.62. The van der Waals surface area contributed by atoms with E-state index in [0.717, 1.165) is 5.69 Å². The van der Waals surface area contributed by atoms with E-state index >= 15 is 0 Å². The minimum atomic E-state index is -0.852. The fourth-order valence-electron chi connectivity index (χ4n) is 2.58. The largest absolute Gasteiger partial charge is 0.481 e. The lowest BCUT2D eigenvalue weighted by molar-refractivity contribution is -0.142. The number of hydrogen-bond donors (Lipinski definition) is 1. The minimum Gasteiger partial charge on any atom is -0.481 e. The van der Waals surface area contributed by atoms with E-state index in [4.69, 9.17) is 16.7 Å². The Balaban J connectivity index is 2.24. The highest BCUT2D eigenvalue weighted by Crippen LogP contribution is 2.26. The van der Waals surface area contributed by atoms with Crippen LogP contribution in [0.3, 0.4) is 0 Å². The lowest BCUT2D eigenvalue weighted by Gasteiger charge is -2.23. The smallest absolute Gasteiger partial charge is 0.308 e. The predicted octanol–water partition coefficient (Wildman–Crippen LogP) is 2.23. The Morgan fingerprint density at radius 3 is 2.75 bits per heavy atom. The molecule has 1 aliphatic heterocycles. The number of carbonyl (C=O) groups excluding carboxylic acids is 1. The number of aliphatic carboxylic acids is 1. The van der Waals surface area contributed by atoms with Gasteiger partial charge in [0, 0.05) is 23.8 Å². The predicted molar refractivity (Wildman–Crippen MR) is 74.9 cm³/mol.